The molecule has 2 aromatic rings. The van der Waals surface area contributed by atoms with Gasteiger partial charge in [-0.15, -0.1) is 0 Å². The molecule has 0 spiro atoms. The summed E-state index contributed by atoms with van der Waals surface area (Å²) in [7, 11) is -3.71. The number of sulfonamides is 1. The Balaban J connectivity index is 2.39. The van der Waals surface area contributed by atoms with Gasteiger partial charge in [-0.3, -0.25) is 0 Å². The molecule has 0 aliphatic carbocycles. The quantitative estimate of drug-likeness (QED) is 0.691. The largest absolute Gasteiger partial charge is 0.277 e. The van der Waals surface area contributed by atoms with E-state index in [2.05, 4.69) is 0 Å². The van der Waals surface area contributed by atoms with E-state index in [1.165, 1.54) is 0 Å². The Morgan fingerprint density at radius 2 is 1.26 bits per heavy atom. The van der Waals surface area contributed by atoms with Crippen LogP contribution in [0.4, 0.5) is 5.69 Å². The molecule has 0 heterocycles. The Bertz CT molecular complexity index is 662. The number of hydrazine groups is 1. The molecule has 0 unspecified atom stereocenters. The lowest BCUT2D eigenvalue weighted by Crippen LogP contribution is -2.37. The molecule has 2 N–H and O–H groups in total. The first kappa shape index (κ1) is 13.6. The van der Waals surface area contributed by atoms with Crippen molar-refractivity contribution in [2.75, 3.05) is 4.41 Å². The normalized spacial score (nSPS) is 11.3. The summed E-state index contributed by atoms with van der Waals surface area (Å²) in [5.74, 6) is 5.74. The highest BCUT2D eigenvalue weighted by Crippen LogP contribution is 2.20. The number of hydrogen-bond donors (Lipinski definition) is 1. The molecule has 19 heavy (non-hydrogen) atoms. The van der Waals surface area contributed by atoms with Crippen LogP contribution in [0.5, 0.6) is 0 Å². The number of hydrogen-bond acceptors (Lipinski definition) is 3. The van der Waals surface area contributed by atoms with Gasteiger partial charge in [0.1, 0.15) is 0 Å². The van der Waals surface area contributed by atoms with Crippen molar-refractivity contribution in [1.82, 2.24) is 0 Å². The van der Waals surface area contributed by atoms with Crippen LogP contribution in [0.1, 0.15) is 11.1 Å². The minimum Gasteiger partial charge on any atom is -0.233 e. The number of anilines is 1. The molecule has 0 bridgehead atoms. The highest BCUT2D eigenvalue weighted by atomic mass is 32.2. The summed E-state index contributed by atoms with van der Waals surface area (Å²) >= 11 is 0. The van der Waals surface area contributed by atoms with Crippen LogP contribution in [0.15, 0.2) is 53.4 Å². The Labute approximate surface area is 113 Å². The summed E-state index contributed by atoms with van der Waals surface area (Å²) in [4.78, 5) is 0.182. The van der Waals surface area contributed by atoms with Crippen molar-refractivity contribution in [2.24, 2.45) is 5.84 Å². The van der Waals surface area contributed by atoms with E-state index < -0.39 is 10.0 Å². The van der Waals surface area contributed by atoms with Crippen LogP contribution in [-0.2, 0) is 10.0 Å². The molecule has 0 radical (unpaired) electrons. The third-order valence-electron chi connectivity index (χ3n) is 2.87. The number of aryl methyl sites for hydroxylation is 2. The number of nitrogens with zero attached hydrogens (tertiary/aromatic N) is 1. The van der Waals surface area contributed by atoms with Gasteiger partial charge in [0.05, 0.1) is 10.6 Å². The zero-order chi connectivity index (χ0) is 14.0. The monoisotopic (exact) mass is 276 g/mol. The van der Waals surface area contributed by atoms with E-state index >= 15 is 0 Å². The minimum absolute atomic E-state index is 0.182. The first-order valence-corrected chi connectivity index (χ1v) is 7.28. The second kappa shape index (κ2) is 5.03. The highest BCUT2D eigenvalue weighted by Gasteiger charge is 2.21. The smallest absolute Gasteiger partial charge is 0.233 e. The van der Waals surface area contributed by atoms with E-state index in [0.29, 0.717) is 5.69 Å². The average molecular weight is 276 g/mol. The molecule has 2 rings (SSSR count). The molecule has 0 fully saturated rings. The van der Waals surface area contributed by atoms with Gasteiger partial charge < -0.3 is 0 Å². The molecule has 100 valence electrons. The van der Waals surface area contributed by atoms with Crippen molar-refractivity contribution in [1.29, 1.82) is 0 Å². The molecule has 0 aliphatic heterocycles. The van der Waals surface area contributed by atoms with Gasteiger partial charge in [-0.1, -0.05) is 35.4 Å². The Kier molecular flexibility index (Phi) is 3.59. The van der Waals surface area contributed by atoms with Crippen LogP contribution >= 0.6 is 0 Å². The summed E-state index contributed by atoms with van der Waals surface area (Å²) in [6.45, 7) is 3.83. The molecule has 0 atom stereocenters. The second-order valence-corrected chi connectivity index (χ2v) is 6.26. The maximum Gasteiger partial charge on any atom is 0.277 e. The zero-order valence-electron chi connectivity index (χ0n) is 10.9. The van der Waals surface area contributed by atoms with E-state index in [4.69, 9.17) is 5.84 Å². The van der Waals surface area contributed by atoms with E-state index in [1.54, 1.807) is 36.4 Å². The van der Waals surface area contributed by atoms with E-state index in [1.807, 2.05) is 26.0 Å². The van der Waals surface area contributed by atoms with Crippen LogP contribution in [-0.4, -0.2) is 8.42 Å². The third kappa shape index (κ3) is 2.77. The fourth-order valence-electron chi connectivity index (χ4n) is 1.65. The van der Waals surface area contributed by atoms with Crippen molar-refractivity contribution in [3.05, 3.63) is 59.7 Å². The van der Waals surface area contributed by atoms with Gasteiger partial charge in [0.2, 0.25) is 0 Å². The Morgan fingerprint density at radius 1 is 0.842 bits per heavy atom. The fourth-order valence-corrected chi connectivity index (χ4v) is 2.76. The summed E-state index contributed by atoms with van der Waals surface area (Å²) < 4.78 is 25.5. The van der Waals surface area contributed by atoms with Crippen LogP contribution in [0, 0.1) is 13.8 Å². The summed E-state index contributed by atoms with van der Waals surface area (Å²) in [5.41, 5.74) is 2.48. The van der Waals surface area contributed by atoms with Gasteiger partial charge in [0.25, 0.3) is 10.0 Å². The van der Waals surface area contributed by atoms with Gasteiger partial charge in [-0.2, -0.15) is 8.42 Å². The molecule has 0 amide bonds. The number of nitrogens with two attached hydrogens (primary N) is 1. The zero-order valence-corrected chi connectivity index (χ0v) is 11.7. The number of benzene rings is 2. The standard InChI is InChI=1S/C14H16N2O2S/c1-11-3-7-13(8-4-11)16(15)19(17,18)14-9-5-12(2)6-10-14/h3-10H,15H2,1-2H3. The first-order valence-electron chi connectivity index (χ1n) is 5.84. The van der Waals surface area contributed by atoms with Gasteiger partial charge in [-0.05, 0) is 38.1 Å². The van der Waals surface area contributed by atoms with E-state index in [9.17, 15) is 8.42 Å². The molecule has 5 heteroatoms. The third-order valence-corrected chi connectivity index (χ3v) is 4.46. The van der Waals surface area contributed by atoms with E-state index in [0.717, 1.165) is 15.5 Å². The first-order chi connectivity index (χ1) is 8.91. The van der Waals surface area contributed by atoms with Gasteiger partial charge in [0.15, 0.2) is 0 Å². The summed E-state index contributed by atoms with van der Waals surface area (Å²) in [5, 5.41) is 0. The molecular weight excluding hydrogens is 260 g/mol. The topological polar surface area (TPSA) is 63.4 Å². The molecule has 0 aromatic heterocycles. The van der Waals surface area contributed by atoms with Crippen LogP contribution in [0.3, 0.4) is 0 Å². The minimum atomic E-state index is -3.71. The van der Waals surface area contributed by atoms with Crippen molar-refractivity contribution in [3.8, 4) is 0 Å². The number of rotatable bonds is 3. The van der Waals surface area contributed by atoms with Gasteiger partial charge in [0, 0.05) is 0 Å². The van der Waals surface area contributed by atoms with Gasteiger partial charge in [-0.25, -0.2) is 10.3 Å². The van der Waals surface area contributed by atoms with Crippen molar-refractivity contribution in [2.45, 2.75) is 18.7 Å². The molecule has 0 saturated carbocycles. The highest BCUT2D eigenvalue weighted by molar-refractivity contribution is 7.92. The predicted octanol–water partition coefficient (Wildman–Crippen LogP) is 2.37. The molecule has 2 aromatic carbocycles. The van der Waals surface area contributed by atoms with Crippen LogP contribution in [0.25, 0.3) is 0 Å². The molecule has 0 aliphatic rings. The van der Waals surface area contributed by atoms with Crippen molar-refractivity contribution < 1.29 is 8.42 Å². The average Bonchev–Trinajstić information content (AvgIpc) is 2.39. The SMILES string of the molecule is Cc1ccc(N(N)S(=O)(=O)c2ccc(C)cc2)cc1. The predicted molar refractivity (Wildman–Crippen MR) is 76.2 cm³/mol. The van der Waals surface area contributed by atoms with Crippen molar-refractivity contribution >= 4 is 15.7 Å². The van der Waals surface area contributed by atoms with Crippen LogP contribution in [0.2, 0.25) is 0 Å². The maximum absolute atomic E-state index is 12.3. The fraction of sp³-hybridized carbons (Fsp3) is 0.143. The van der Waals surface area contributed by atoms with Gasteiger partial charge >= 0.3 is 0 Å². The van der Waals surface area contributed by atoms with Crippen LogP contribution < -0.4 is 10.3 Å². The van der Waals surface area contributed by atoms with E-state index in [-0.39, 0.29) is 4.90 Å². The molecule has 0 saturated heterocycles. The second-order valence-electron chi connectivity index (χ2n) is 4.45. The Hall–Kier alpha value is -1.85. The lowest BCUT2D eigenvalue weighted by molar-refractivity contribution is 0.592. The Morgan fingerprint density at radius 3 is 1.74 bits per heavy atom. The summed E-state index contributed by atoms with van der Waals surface area (Å²) in [6, 6.07) is 13.6. The molecule has 4 nitrogen and oxygen atoms in total. The lowest BCUT2D eigenvalue weighted by Gasteiger charge is -2.19. The maximum atomic E-state index is 12.3. The summed E-state index contributed by atoms with van der Waals surface area (Å²) in [6.07, 6.45) is 0. The molecular formula is C14H16N2O2S. The lowest BCUT2D eigenvalue weighted by atomic mass is 10.2. The van der Waals surface area contributed by atoms with Crippen molar-refractivity contribution in [3.63, 3.8) is 0 Å².